The molecule has 0 unspecified atom stereocenters. The highest BCUT2D eigenvalue weighted by Gasteiger charge is 2.15. The van der Waals surface area contributed by atoms with Crippen LogP contribution in [0.4, 0.5) is 11.4 Å². The second-order valence-electron chi connectivity index (χ2n) is 9.06. The van der Waals surface area contributed by atoms with Crippen molar-refractivity contribution in [2.45, 2.75) is 0 Å². The van der Waals surface area contributed by atoms with Gasteiger partial charge in [-0.05, 0) is 46.3 Å². The largest absolute Gasteiger partial charge is 0.455 e. The Morgan fingerprint density at radius 2 is 1.08 bits per heavy atom. The van der Waals surface area contributed by atoms with Gasteiger partial charge in [0.25, 0.3) is 0 Å². The molecule has 7 rings (SSSR count). The maximum Gasteiger partial charge on any atom is 0.143 e. The molecule has 0 atom stereocenters. The Kier molecular flexibility index (Phi) is 4.82. The number of hydrogen-bond acceptors (Lipinski definition) is 2. The minimum absolute atomic E-state index is 0.918. The third kappa shape index (κ3) is 3.43. The molecular weight excluding hydrogens is 438 g/mol. The number of furan rings is 1. The number of rotatable bonds is 4. The lowest BCUT2D eigenvalue weighted by Gasteiger charge is -2.13. The summed E-state index contributed by atoms with van der Waals surface area (Å²) in [4.78, 5) is 0. The zero-order valence-electron chi connectivity index (χ0n) is 19.6. The Bertz CT molecular complexity index is 1860. The molecule has 0 fully saturated rings. The van der Waals surface area contributed by atoms with Crippen LogP contribution >= 0.6 is 0 Å². The van der Waals surface area contributed by atoms with Gasteiger partial charge in [-0.15, -0.1) is 0 Å². The second-order valence-corrected chi connectivity index (χ2v) is 9.06. The molecule has 6 aromatic carbocycles. The molecule has 2 nitrogen and oxygen atoms in total. The summed E-state index contributed by atoms with van der Waals surface area (Å²) in [6.07, 6.45) is 0. The molecule has 0 saturated carbocycles. The van der Waals surface area contributed by atoms with E-state index in [1.165, 1.54) is 21.9 Å². The highest BCUT2D eigenvalue weighted by Crippen LogP contribution is 2.40. The van der Waals surface area contributed by atoms with Crippen LogP contribution in [-0.2, 0) is 0 Å². The summed E-state index contributed by atoms with van der Waals surface area (Å²) in [6, 6.07) is 46.7. The zero-order valence-corrected chi connectivity index (χ0v) is 19.6. The Morgan fingerprint density at radius 1 is 0.444 bits per heavy atom. The van der Waals surface area contributed by atoms with Gasteiger partial charge < -0.3 is 9.73 Å². The quantitative estimate of drug-likeness (QED) is 0.282. The molecule has 0 spiro atoms. The van der Waals surface area contributed by atoms with Crippen LogP contribution in [0.15, 0.2) is 138 Å². The van der Waals surface area contributed by atoms with Crippen LogP contribution in [0.3, 0.4) is 0 Å². The van der Waals surface area contributed by atoms with E-state index in [-0.39, 0.29) is 0 Å². The summed E-state index contributed by atoms with van der Waals surface area (Å²) in [6.45, 7) is 0. The van der Waals surface area contributed by atoms with Crippen molar-refractivity contribution in [1.29, 1.82) is 0 Å². The monoisotopic (exact) mass is 461 g/mol. The lowest BCUT2D eigenvalue weighted by molar-refractivity contribution is 0.670. The van der Waals surface area contributed by atoms with Gasteiger partial charge in [0.2, 0.25) is 0 Å². The van der Waals surface area contributed by atoms with Gasteiger partial charge in [0.15, 0.2) is 0 Å². The van der Waals surface area contributed by atoms with E-state index in [4.69, 9.17) is 4.42 Å². The molecule has 170 valence electrons. The van der Waals surface area contributed by atoms with E-state index in [2.05, 4.69) is 127 Å². The standard InChI is InChI=1S/C34H23NO/c1-2-12-27-23(9-1)10-7-17-32(27)35-25-21-19-24(20-22-25)26-11-3-4-13-28(26)30-15-8-16-31-29-14-5-6-18-33(29)36-34(30)31/h1-22,35H. The van der Waals surface area contributed by atoms with Gasteiger partial charge in [0, 0.05) is 33.1 Å². The van der Waals surface area contributed by atoms with E-state index >= 15 is 0 Å². The van der Waals surface area contributed by atoms with Crippen LogP contribution in [0.25, 0.3) is 55.0 Å². The fourth-order valence-electron chi connectivity index (χ4n) is 5.15. The molecule has 0 saturated heterocycles. The lowest BCUT2D eigenvalue weighted by atomic mass is 9.93. The Balaban J connectivity index is 1.28. The Hall–Kier alpha value is -4.82. The topological polar surface area (TPSA) is 25.2 Å². The van der Waals surface area contributed by atoms with Gasteiger partial charge >= 0.3 is 0 Å². The number of para-hydroxylation sites is 2. The lowest BCUT2D eigenvalue weighted by Crippen LogP contribution is -1.92. The van der Waals surface area contributed by atoms with Crippen LogP contribution in [0.5, 0.6) is 0 Å². The number of benzene rings is 6. The van der Waals surface area contributed by atoms with Crippen LogP contribution < -0.4 is 5.32 Å². The molecule has 0 radical (unpaired) electrons. The summed E-state index contributed by atoms with van der Waals surface area (Å²) in [5.74, 6) is 0. The molecule has 0 amide bonds. The Labute approximate surface area is 209 Å². The number of fused-ring (bicyclic) bond motifs is 4. The summed E-state index contributed by atoms with van der Waals surface area (Å²) >= 11 is 0. The molecule has 36 heavy (non-hydrogen) atoms. The molecule has 1 heterocycles. The van der Waals surface area contributed by atoms with Crippen LogP contribution in [0.1, 0.15) is 0 Å². The average Bonchev–Trinajstić information content (AvgIpc) is 3.33. The summed E-state index contributed by atoms with van der Waals surface area (Å²) < 4.78 is 6.34. The third-order valence-corrected chi connectivity index (χ3v) is 6.89. The van der Waals surface area contributed by atoms with E-state index in [1.54, 1.807) is 0 Å². The van der Waals surface area contributed by atoms with Gasteiger partial charge in [-0.3, -0.25) is 0 Å². The highest BCUT2D eigenvalue weighted by molar-refractivity contribution is 6.10. The Morgan fingerprint density at radius 3 is 1.97 bits per heavy atom. The number of anilines is 2. The van der Waals surface area contributed by atoms with E-state index in [1.807, 2.05) is 12.1 Å². The van der Waals surface area contributed by atoms with Crippen molar-refractivity contribution < 1.29 is 4.42 Å². The minimum atomic E-state index is 0.918. The van der Waals surface area contributed by atoms with Crippen molar-refractivity contribution in [2.24, 2.45) is 0 Å². The molecular formula is C34H23NO. The fourth-order valence-corrected chi connectivity index (χ4v) is 5.15. The first-order chi connectivity index (χ1) is 17.8. The molecule has 0 aliphatic rings. The predicted molar refractivity (Wildman–Crippen MR) is 152 cm³/mol. The highest BCUT2D eigenvalue weighted by atomic mass is 16.3. The molecule has 7 aromatic rings. The minimum Gasteiger partial charge on any atom is -0.455 e. The molecule has 0 aliphatic heterocycles. The van der Waals surface area contributed by atoms with Gasteiger partial charge in [-0.2, -0.15) is 0 Å². The predicted octanol–water partition coefficient (Wildman–Crippen LogP) is 9.82. The van der Waals surface area contributed by atoms with E-state index in [0.717, 1.165) is 44.4 Å². The average molecular weight is 462 g/mol. The van der Waals surface area contributed by atoms with Crippen LogP contribution in [0, 0.1) is 0 Å². The first-order valence-electron chi connectivity index (χ1n) is 12.2. The summed E-state index contributed by atoms with van der Waals surface area (Å²) in [5.41, 5.74) is 8.64. The van der Waals surface area contributed by atoms with Crippen LogP contribution in [-0.4, -0.2) is 0 Å². The maximum absolute atomic E-state index is 6.34. The zero-order chi connectivity index (χ0) is 23.9. The third-order valence-electron chi connectivity index (χ3n) is 6.89. The maximum atomic E-state index is 6.34. The van der Waals surface area contributed by atoms with E-state index < -0.39 is 0 Å². The number of hydrogen-bond donors (Lipinski definition) is 1. The second kappa shape index (κ2) is 8.44. The van der Waals surface area contributed by atoms with Crippen molar-refractivity contribution in [1.82, 2.24) is 0 Å². The first kappa shape index (κ1) is 20.5. The molecule has 0 bridgehead atoms. The molecule has 1 N–H and O–H groups in total. The van der Waals surface area contributed by atoms with E-state index in [0.29, 0.717) is 0 Å². The van der Waals surface area contributed by atoms with Gasteiger partial charge in [0.05, 0.1) is 0 Å². The van der Waals surface area contributed by atoms with Crippen molar-refractivity contribution in [3.63, 3.8) is 0 Å². The van der Waals surface area contributed by atoms with Crippen molar-refractivity contribution in [2.75, 3.05) is 5.32 Å². The summed E-state index contributed by atoms with van der Waals surface area (Å²) in [7, 11) is 0. The van der Waals surface area contributed by atoms with Crippen molar-refractivity contribution >= 4 is 44.1 Å². The van der Waals surface area contributed by atoms with Crippen molar-refractivity contribution in [3.8, 4) is 22.3 Å². The first-order valence-corrected chi connectivity index (χ1v) is 12.2. The smallest absolute Gasteiger partial charge is 0.143 e. The SMILES string of the molecule is c1ccc(-c2cccc3c2oc2ccccc23)c(-c2ccc(Nc3cccc4ccccc34)cc2)c1. The molecule has 0 aliphatic carbocycles. The van der Waals surface area contributed by atoms with Crippen molar-refractivity contribution in [3.05, 3.63) is 133 Å². The van der Waals surface area contributed by atoms with E-state index in [9.17, 15) is 0 Å². The van der Waals surface area contributed by atoms with Gasteiger partial charge in [-0.1, -0.05) is 109 Å². The molecule has 1 aromatic heterocycles. The number of nitrogens with one attached hydrogen (secondary N) is 1. The van der Waals surface area contributed by atoms with Gasteiger partial charge in [-0.25, -0.2) is 0 Å². The van der Waals surface area contributed by atoms with Gasteiger partial charge in [0.1, 0.15) is 11.2 Å². The fraction of sp³-hybridized carbons (Fsp3) is 0. The summed E-state index contributed by atoms with van der Waals surface area (Å²) in [5, 5.41) is 8.34. The van der Waals surface area contributed by atoms with Crippen LogP contribution in [0.2, 0.25) is 0 Å². The normalized spacial score (nSPS) is 11.3. The molecule has 2 heteroatoms.